The van der Waals surface area contributed by atoms with E-state index in [-0.39, 0.29) is 11.4 Å². The molecule has 70 valence electrons. The van der Waals surface area contributed by atoms with Crippen molar-refractivity contribution in [2.45, 2.75) is 6.92 Å². The molecule has 0 aliphatic rings. The molecule has 0 bridgehead atoms. The van der Waals surface area contributed by atoms with Gasteiger partial charge in [-0.2, -0.15) is 0 Å². The molecule has 0 aliphatic carbocycles. The van der Waals surface area contributed by atoms with E-state index in [4.69, 9.17) is 21.4 Å². The Kier molecular flexibility index (Phi) is 2.72. The second-order valence-electron chi connectivity index (χ2n) is 2.42. The summed E-state index contributed by atoms with van der Waals surface area (Å²) in [6.45, 7) is 1.68. The Balaban J connectivity index is 3.33. The first-order chi connectivity index (χ1) is 6.06. The Bertz CT molecular complexity index is 351. The van der Waals surface area contributed by atoms with Gasteiger partial charge in [-0.3, -0.25) is 0 Å². The minimum absolute atomic E-state index is 0.0295. The van der Waals surface area contributed by atoms with Gasteiger partial charge in [-0.1, -0.05) is 11.6 Å². The van der Waals surface area contributed by atoms with E-state index in [0.29, 0.717) is 10.7 Å². The van der Waals surface area contributed by atoms with E-state index in [1.165, 1.54) is 13.2 Å². The second kappa shape index (κ2) is 3.62. The third-order valence-electron chi connectivity index (χ3n) is 1.54. The fraction of sp³-hybridized carbons (Fsp3) is 0.250. The van der Waals surface area contributed by atoms with Gasteiger partial charge >= 0.3 is 5.97 Å². The number of rotatable bonds is 2. The van der Waals surface area contributed by atoms with Gasteiger partial charge in [0.05, 0.1) is 17.8 Å². The van der Waals surface area contributed by atoms with Crippen LogP contribution in [0.5, 0.6) is 5.88 Å². The molecule has 0 fully saturated rings. The van der Waals surface area contributed by atoms with E-state index in [2.05, 4.69) is 4.98 Å². The summed E-state index contributed by atoms with van der Waals surface area (Å²) in [5.74, 6) is -1.03. The quantitative estimate of drug-likeness (QED) is 0.792. The van der Waals surface area contributed by atoms with Gasteiger partial charge in [0.15, 0.2) is 0 Å². The van der Waals surface area contributed by atoms with Crippen LogP contribution in [0.1, 0.15) is 16.1 Å². The van der Waals surface area contributed by atoms with E-state index in [1.54, 1.807) is 6.92 Å². The molecule has 0 amide bonds. The summed E-state index contributed by atoms with van der Waals surface area (Å²) in [6.07, 6.45) is 0. The highest BCUT2D eigenvalue weighted by Crippen LogP contribution is 2.22. The highest BCUT2D eigenvalue weighted by atomic mass is 35.5. The molecular formula is C8H8ClNO3. The number of methoxy groups -OCH3 is 1. The molecule has 0 saturated heterocycles. The maximum absolute atomic E-state index is 10.7. The molecule has 0 unspecified atom stereocenters. The van der Waals surface area contributed by atoms with Gasteiger partial charge in [0.25, 0.3) is 0 Å². The maximum Gasteiger partial charge on any atom is 0.341 e. The summed E-state index contributed by atoms with van der Waals surface area (Å²) in [4.78, 5) is 14.5. The monoisotopic (exact) mass is 201 g/mol. The standard InChI is InChI=1S/C8H8ClNO3/c1-4-6(9)3-5(8(11)12)7(10-4)13-2/h3H,1-2H3,(H,11,12). The Morgan fingerprint density at radius 3 is 2.77 bits per heavy atom. The average molecular weight is 202 g/mol. The summed E-state index contributed by atoms with van der Waals surface area (Å²) in [5, 5.41) is 9.05. The maximum atomic E-state index is 10.7. The van der Waals surface area contributed by atoms with Crippen molar-refractivity contribution >= 4 is 17.6 Å². The molecule has 1 heterocycles. The van der Waals surface area contributed by atoms with Crippen LogP contribution < -0.4 is 4.74 Å². The number of aromatic carboxylic acids is 1. The molecule has 4 nitrogen and oxygen atoms in total. The third kappa shape index (κ3) is 1.89. The number of aryl methyl sites for hydroxylation is 1. The molecule has 0 radical (unpaired) electrons. The number of aromatic nitrogens is 1. The van der Waals surface area contributed by atoms with Crippen LogP contribution in [0.3, 0.4) is 0 Å². The van der Waals surface area contributed by atoms with Crippen molar-refractivity contribution in [3.05, 3.63) is 22.3 Å². The van der Waals surface area contributed by atoms with Crippen molar-refractivity contribution in [2.75, 3.05) is 7.11 Å². The molecule has 0 saturated carbocycles. The minimum Gasteiger partial charge on any atom is -0.480 e. The molecule has 0 spiro atoms. The van der Waals surface area contributed by atoms with Crippen molar-refractivity contribution in [2.24, 2.45) is 0 Å². The summed E-state index contributed by atoms with van der Waals surface area (Å²) in [5.41, 5.74) is 0.515. The Morgan fingerprint density at radius 2 is 2.31 bits per heavy atom. The second-order valence-corrected chi connectivity index (χ2v) is 2.82. The summed E-state index contributed by atoms with van der Waals surface area (Å²) in [7, 11) is 1.36. The molecule has 0 aromatic carbocycles. The van der Waals surface area contributed by atoms with Crippen LogP contribution in [0, 0.1) is 6.92 Å². The van der Waals surface area contributed by atoms with Gasteiger partial charge in [0.1, 0.15) is 5.56 Å². The SMILES string of the molecule is COc1nc(C)c(Cl)cc1C(=O)O. The van der Waals surface area contributed by atoms with Crippen LogP contribution in [0.15, 0.2) is 6.07 Å². The van der Waals surface area contributed by atoms with Gasteiger partial charge in [0, 0.05) is 0 Å². The van der Waals surface area contributed by atoms with Crippen molar-refractivity contribution in [3.8, 4) is 5.88 Å². The first kappa shape index (κ1) is 9.80. The van der Waals surface area contributed by atoms with E-state index in [9.17, 15) is 4.79 Å². The molecule has 13 heavy (non-hydrogen) atoms. The van der Waals surface area contributed by atoms with E-state index in [0.717, 1.165) is 0 Å². The molecule has 1 aromatic heterocycles. The highest BCUT2D eigenvalue weighted by Gasteiger charge is 2.14. The zero-order valence-electron chi connectivity index (χ0n) is 7.17. The number of carboxylic acids is 1. The van der Waals surface area contributed by atoms with E-state index < -0.39 is 5.97 Å². The van der Waals surface area contributed by atoms with Crippen LogP contribution in [-0.4, -0.2) is 23.2 Å². The lowest BCUT2D eigenvalue weighted by molar-refractivity contribution is 0.0692. The van der Waals surface area contributed by atoms with Crippen molar-refractivity contribution in [3.63, 3.8) is 0 Å². The number of hydrogen-bond acceptors (Lipinski definition) is 3. The molecule has 5 heteroatoms. The number of carbonyl (C=O) groups is 1. The van der Waals surface area contributed by atoms with E-state index in [1.807, 2.05) is 0 Å². The smallest absolute Gasteiger partial charge is 0.341 e. The van der Waals surface area contributed by atoms with Crippen LogP contribution in [0.4, 0.5) is 0 Å². The molecule has 1 aromatic rings. The Morgan fingerprint density at radius 1 is 1.69 bits per heavy atom. The third-order valence-corrected chi connectivity index (χ3v) is 1.92. The number of nitrogens with zero attached hydrogens (tertiary/aromatic N) is 1. The largest absolute Gasteiger partial charge is 0.480 e. The molecular weight excluding hydrogens is 194 g/mol. The summed E-state index contributed by atoms with van der Waals surface area (Å²) < 4.78 is 4.79. The average Bonchev–Trinajstić information content (AvgIpc) is 2.08. The lowest BCUT2D eigenvalue weighted by Crippen LogP contribution is -2.03. The number of pyridine rings is 1. The zero-order valence-corrected chi connectivity index (χ0v) is 7.92. The van der Waals surface area contributed by atoms with E-state index >= 15 is 0 Å². The van der Waals surface area contributed by atoms with Crippen molar-refractivity contribution in [1.82, 2.24) is 4.98 Å². The van der Waals surface area contributed by atoms with Crippen molar-refractivity contribution in [1.29, 1.82) is 0 Å². The van der Waals surface area contributed by atoms with Gasteiger partial charge in [-0.15, -0.1) is 0 Å². The van der Waals surface area contributed by atoms with Gasteiger partial charge in [-0.05, 0) is 13.0 Å². The first-order valence-electron chi connectivity index (χ1n) is 3.50. The molecule has 0 atom stereocenters. The Labute approximate surface area is 80.1 Å². The fourth-order valence-corrected chi connectivity index (χ4v) is 1.02. The number of ether oxygens (including phenoxy) is 1. The zero-order chi connectivity index (χ0) is 10.0. The van der Waals surface area contributed by atoms with Gasteiger partial charge < -0.3 is 9.84 Å². The molecule has 1 rings (SSSR count). The summed E-state index contributed by atoms with van der Waals surface area (Å²) >= 11 is 5.71. The Hall–Kier alpha value is -1.29. The lowest BCUT2D eigenvalue weighted by atomic mass is 10.2. The normalized spacial score (nSPS) is 9.77. The lowest BCUT2D eigenvalue weighted by Gasteiger charge is -2.05. The summed E-state index contributed by atoms with van der Waals surface area (Å²) in [6, 6.07) is 1.32. The number of carboxylic acid groups (broad SMARTS) is 1. The first-order valence-corrected chi connectivity index (χ1v) is 3.88. The van der Waals surface area contributed by atoms with Crippen molar-refractivity contribution < 1.29 is 14.6 Å². The molecule has 0 aliphatic heterocycles. The van der Waals surface area contributed by atoms with Crippen LogP contribution in [-0.2, 0) is 0 Å². The highest BCUT2D eigenvalue weighted by molar-refractivity contribution is 6.31. The predicted molar refractivity (Wildman–Crippen MR) is 47.5 cm³/mol. The molecule has 1 N–H and O–H groups in total. The van der Waals surface area contributed by atoms with Gasteiger partial charge in [0.2, 0.25) is 5.88 Å². The fourth-order valence-electron chi connectivity index (χ4n) is 0.868. The minimum atomic E-state index is -1.11. The van der Waals surface area contributed by atoms with Crippen LogP contribution in [0.2, 0.25) is 5.02 Å². The number of halogens is 1. The van der Waals surface area contributed by atoms with Gasteiger partial charge in [-0.25, -0.2) is 9.78 Å². The topological polar surface area (TPSA) is 59.4 Å². The van der Waals surface area contributed by atoms with Crippen LogP contribution >= 0.6 is 11.6 Å². The van der Waals surface area contributed by atoms with Crippen LogP contribution in [0.25, 0.3) is 0 Å². The predicted octanol–water partition coefficient (Wildman–Crippen LogP) is 1.75. The number of hydrogen-bond donors (Lipinski definition) is 1.